The third-order valence-electron chi connectivity index (χ3n) is 3.07. The Morgan fingerprint density at radius 1 is 1.15 bits per heavy atom. The van der Waals surface area contributed by atoms with Gasteiger partial charge < -0.3 is 5.73 Å². The lowest BCUT2D eigenvalue weighted by atomic mass is 10.1. The van der Waals surface area contributed by atoms with Gasteiger partial charge in [-0.3, -0.25) is 14.7 Å². The van der Waals surface area contributed by atoms with Crippen molar-refractivity contribution in [2.75, 3.05) is 4.90 Å². The molecule has 1 aromatic heterocycles. The summed E-state index contributed by atoms with van der Waals surface area (Å²) >= 11 is 0. The summed E-state index contributed by atoms with van der Waals surface area (Å²) in [5, 5.41) is 6.20. The largest absolute Gasteiger partial charge is 0.326 e. The van der Waals surface area contributed by atoms with E-state index >= 15 is 0 Å². The zero-order valence-electron chi connectivity index (χ0n) is 9.98. The SMILES string of the molecule is NCc1cn[nH]c1N1C(=O)c2cc(F)c(F)cc2C1=O. The van der Waals surface area contributed by atoms with Gasteiger partial charge in [-0.15, -0.1) is 0 Å². The molecule has 0 spiro atoms. The molecule has 0 radical (unpaired) electrons. The van der Waals surface area contributed by atoms with Crippen LogP contribution in [0.15, 0.2) is 18.3 Å². The van der Waals surface area contributed by atoms with Crippen molar-refractivity contribution in [3.8, 4) is 0 Å². The Labute approximate surface area is 111 Å². The molecular formula is C12H8F2N4O2. The number of nitrogens with two attached hydrogens (primary N) is 1. The predicted molar refractivity (Wildman–Crippen MR) is 64.0 cm³/mol. The van der Waals surface area contributed by atoms with Crippen LogP contribution in [-0.2, 0) is 6.54 Å². The number of fused-ring (bicyclic) bond motifs is 1. The van der Waals surface area contributed by atoms with E-state index in [9.17, 15) is 18.4 Å². The molecule has 0 atom stereocenters. The van der Waals surface area contributed by atoms with Crippen molar-refractivity contribution in [1.82, 2.24) is 10.2 Å². The molecule has 102 valence electrons. The number of anilines is 1. The number of benzene rings is 1. The van der Waals surface area contributed by atoms with E-state index in [0.717, 1.165) is 4.90 Å². The molecule has 8 heteroatoms. The van der Waals surface area contributed by atoms with E-state index in [0.29, 0.717) is 17.7 Å². The first kappa shape index (κ1) is 12.4. The van der Waals surface area contributed by atoms with Crippen LogP contribution in [0.1, 0.15) is 26.3 Å². The summed E-state index contributed by atoms with van der Waals surface area (Å²) in [6.45, 7) is 0.0575. The van der Waals surface area contributed by atoms with E-state index in [1.54, 1.807) is 0 Å². The van der Waals surface area contributed by atoms with Gasteiger partial charge in [-0.2, -0.15) is 5.10 Å². The first-order chi connectivity index (χ1) is 9.54. The topological polar surface area (TPSA) is 92.1 Å². The monoisotopic (exact) mass is 278 g/mol. The van der Waals surface area contributed by atoms with Crippen LogP contribution in [0, 0.1) is 11.6 Å². The molecular weight excluding hydrogens is 270 g/mol. The molecule has 0 unspecified atom stereocenters. The molecule has 0 fully saturated rings. The van der Waals surface area contributed by atoms with E-state index in [2.05, 4.69) is 10.2 Å². The second-order valence-electron chi connectivity index (χ2n) is 4.21. The molecule has 20 heavy (non-hydrogen) atoms. The molecule has 0 saturated heterocycles. The summed E-state index contributed by atoms with van der Waals surface area (Å²) in [4.78, 5) is 25.1. The minimum atomic E-state index is -1.18. The number of hydrogen-bond acceptors (Lipinski definition) is 4. The third-order valence-corrected chi connectivity index (χ3v) is 3.07. The third kappa shape index (κ3) is 1.55. The van der Waals surface area contributed by atoms with Crippen LogP contribution < -0.4 is 10.6 Å². The standard InChI is InChI=1S/C12H8F2N4O2/c13-8-1-6-7(2-9(8)14)12(20)18(11(6)19)10-5(3-15)4-16-17-10/h1-2,4H,3,15H2,(H,16,17). The molecule has 2 aromatic rings. The van der Waals surface area contributed by atoms with Crippen LogP contribution in [0.3, 0.4) is 0 Å². The van der Waals surface area contributed by atoms with Gasteiger partial charge in [-0.1, -0.05) is 0 Å². The number of amides is 2. The number of carbonyl (C=O) groups is 2. The molecule has 6 nitrogen and oxygen atoms in total. The smallest absolute Gasteiger partial charge is 0.267 e. The Morgan fingerprint density at radius 2 is 1.70 bits per heavy atom. The zero-order valence-corrected chi connectivity index (χ0v) is 9.98. The molecule has 3 N–H and O–H groups in total. The number of H-pyrrole nitrogens is 1. The van der Waals surface area contributed by atoms with Crippen molar-refractivity contribution in [2.45, 2.75) is 6.54 Å². The maximum absolute atomic E-state index is 13.2. The lowest BCUT2D eigenvalue weighted by molar-refractivity contribution is 0.0924. The first-order valence-corrected chi connectivity index (χ1v) is 5.64. The maximum atomic E-state index is 13.2. The normalized spacial score (nSPS) is 14.1. The number of aromatic amines is 1. The van der Waals surface area contributed by atoms with Gasteiger partial charge in [0.2, 0.25) is 0 Å². The lowest BCUT2D eigenvalue weighted by Gasteiger charge is -2.12. The average Bonchev–Trinajstić information content (AvgIpc) is 2.96. The van der Waals surface area contributed by atoms with Gasteiger partial charge >= 0.3 is 0 Å². The number of nitrogens with zero attached hydrogens (tertiary/aromatic N) is 2. The Bertz CT molecular complexity index is 700. The highest BCUT2D eigenvalue weighted by Crippen LogP contribution is 2.30. The van der Waals surface area contributed by atoms with Crippen molar-refractivity contribution >= 4 is 17.6 Å². The number of aromatic nitrogens is 2. The average molecular weight is 278 g/mol. The van der Waals surface area contributed by atoms with Crippen LogP contribution in [-0.4, -0.2) is 22.0 Å². The molecule has 2 amide bonds. The number of nitrogens with one attached hydrogen (secondary N) is 1. The zero-order chi connectivity index (χ0) is 14.4. The second kappa shape index (κ2) is 4.20. The van der Waals surface area contributed by atoms with E-state index in [-0.39, 0.29) is 23.5 Å². The van der Waals surface area contributed by atoms with Gasteiger partial charge in [0.05, 0.1) is 17.3 Å². The number of carbonyl (C=O) groups excluding carboxylic acids is 2. The fraction of sp³-hybridized carbons (Fsp3) is 0.0833. The number of halogens is 2. The van der Waals surface area contributed by atoms with E-state index < -0.39 is 23.4 Å². The Kier molecular flexibility index (Phi) is 2.61. The summed E-state index contributed by atoms with van der Waals surface area (Å²) in [6, 6.07) is 1.42. The van der Waals surface area contributed by atoms with Crippen molar-refractivity contribution < 1.29 is 18.4 Å². The van der Waals surface area contributed by atoms with E-state index in [1.165, 1.54) is 6.20 Å². The van der Waals surface area contributed by atoms with Gasteiger partial charge in [0.1, 0.15) is 5.82 Å². The Balaban J connectivity index is 2.15. The van der Waals surface area contributed by atoms with Crippen LogP contribution in [0.4, 0.5) is 14.6 Å². The van der Waals surface area contributed by atoms with Gasteiger partial charge in [0.15, 0.2) is 11.6 Å². The molecule has 1 aliphatic rings. The summed E-state index contributed by atoms with van der Waals surface area (Å²) < 4.78 is 26.4. The molecule has 0 aliphatic carbocycles. The number of rotatable bonds is 2. The molecule has 0 saturated carbocycles. The highest BCUT2D eigenvalue weighted by Gasteiger charge is 2.39. The highest BCUT2D eigenvalue weighted by molar-refractivity contribution is 6.34. The first-order valence-electron chi connectivity index (χ1n) is 5.64. The Hall–Kier alpha value is -2.61. The van der Waals surface area contributed by atoms with Crippen LogP contribution in [0.2, 0.25) is 0 Å². The Morgan fingerprint density at radius 3 is 2.20 bits per heavy atom. The van der Waals surface area contributed by atoms with Crippen molar-refractivity contribution in [3.63, 3.8) is 0 Å². The van der Waals surface area contributed by atoms with Crippen molar-refractivity contribution in [1.29, 1.82) is 0 Å². The molecule has 1 aromatic carbocycles. The van der Waals surface area contributed by atoms with Crippen molar-refractivity contribution in [2.24, 2.45) is 5.73 Å². The highest BCUT2D eigenvalue weighted by atomic mass is 19.2. The second-order valence-corrected chi connectivity index (χ2v) is 4.21. The van der Waals surface area contributed by atoms with Gasteiger partial charge in [-0.25, -0.2) is 13.7 Å². The van der Waals surface area contributed by atoms with Crippen LogP contribution in [0.25, 0.3) is 0 Å². The predicted octanol–water partition coefficient (Wildman–Crippen LogP) is 0.947. The summed E-state index contributed by atoms with van der Waals surface area (Å²) in [5.74, 6) is -3.75. The van der Waals surface area contributed by atoms with Gasteiger partial charge in [0.25, 0.3) is 11.8 Å². The molecule has 0 bridgehead atoms. The minimum absolute atomic E-state index is 0.0575. The lowest BCUT2D eigenvalue weighted by Crippen LogP contribution is -2.30. The minimum Gasteiger partial charge on any atom is -0.326 e. The fourth-order valence-corrected chi connectivity index (χ4v) is 2.08. The number of hydrogen-bond donors (Lipinski definition) is 2. The van der Waals surface area contributed by atoms with Gasteiger partial charge in [0, 0.05) is 12.1 Å². The quantitative estimate of drug-likeness (QED) is 0.800. The van der Waals surface area contributed by atoms with Crippen LogP contribution in [0.5, 0.6) is 0 Å². The summed E-state index contributed by atoms with van der Waals surface area (Å²) in [6.07, 6.45) is 1.38. The van der Waals surface area contributed by atoms with E-state index in [4.69, 9.17) is 5.73 Å². The number of imide groups is 1. The molecule has 2 heterocycles. The van der Waals surface area contributed by atoms with Crippen molar-refractivity contribution in [3.05, 3.63) is 46.7 Å². The molecule has 1 aliphatic heterocycles. The van der Waals surface area contributed by atoms with Gasteiger partial charge in [-0.05, 0) is 12.1 Å². The maximum Gasteiger partial charge on any atom is 0.267 e. The summed E-state index contributed by atoms with van der Waals surface area (Å²) in [5.41, 5.74) is 5.55. The van der Waals surface area contributed by atoms with Crippen LogP contribution >= 0.6 is 0 Å². The molecule has 3 rings (SSSR count). The van der Waals surface area contributed by atoms with E-state index in [1.807, 2.05) is 0 Å². The fourth-order valence-electron chi connectivity index (χ4n) is 2.08. The summed E-state index contributed by atoms with van der Waals surface area (Å²) in [7, 11) is 0.